The van der Waals surface area contributed by atoms with Crippen molar-refractivity contribution in [2.24, 2.45) is 5.73 Å². The maximum atomic E-state index is 12.2. The van der Waals surface area contributed by atoms with Crippen LogP contribution in [0.3, 0.4) is 0 Å². The largest absolute Gasteiger partial charge is 0.351 e. The van der Waals surface area contributed by atoms with E-state index in [-0.39, 0.29) is 5.91 Å². The zero-order valence-corrected chi connectivity index (χ0v) is 12.9. The number of carbonyl (C=O) groups excluding carboxylic acids is 2. The number of aryl methyl sites for hydroxylation is 1. The van der Waals surface area contributed by atoms with Crippen molar-refractivity contribution >= 4 is 39.2 Å². The van der Waals surface area contributed by atoms with Gasteiger partial charge in [-0.25, -0.2) is 4.79 Å². The maximum absolute atomic E-state index is 12.2. The molecule has 2 aromatic rings. The second-order valence-corrected chi connectivity index (χ2v) is 5.36. The van der Waals surface area contributed by atoms with Crippen molar-refractivity contribution < 1.29 is 9.59 Å². The lowest BCUT2D eigenvalue weighted by Gasteiger charge is -2.09. The quantitative estimate of drug-likeness (QED) is 0.793. The molecule has 0 bridgehead atoms. The highest BCUT2D eigenvalue weighted by Crippen LogP contribution is 2.20. The number of halogens is 1. The monoisotopic (exact) mass is 347 g/mol. The van der Waals surface area contributed by atoms with Gasteiger partial charge in [0.1, 0.15) is 0 Å². The topological polar surface area (TPSA) is 84.2 Å². The van der Waals surface area contributed by atoms with Gasteiger partial charge >= 0.3 is 6.03 Å². The zero-order valence-electron chi connectivity index (χ0n) is 11.3. The summed E-state index contributed by atoms with van der Waals surface area (Å²) in [6, 6.07) is 11.6. The Balaban J connectivity index is 2.12. The third kappa shape index (κ3) is 4.06. The summed E-state index contributed by atoms with van der Waals surface area (Å²) in [5.74, 6) is -0.207. The number of hydrogen-bond donors (Lipinski definition) is 3. The highest BCUT2D eigenvalue weighted by Gasteiger charge is 2.10. The van der Waals surface area contributed by atoms with Gasteiger partial charge in [0.05, 0.1) is 5.56 Å². The van der Waals surface area contributed by atoms with Crippen LogP contribution in [0.1, 0.15) is 15.9 Å². The van der Waals surface area contributed by atoms with Crippen molar-refractivity contribution in [2.45, 2.75) is 6.92 Å². The maximum Gasteiger partial charge on any atom is 0.316 e. The van der Waals surface area contributed by atoms with Crippen LogP contribution in [-0.4, -0.2) is 11.9 Å². The molecule has 0 atom stereocenters. The van der Waals surface area contributed by atoms with Gasteiger partial charge in [-0.15, -0.1) is 0 Å². The van der Waals surface area contributed by atoms with E-state index in [2.05, 4.69) is 26.6 Å². The van der Waals surface area contributed by atoms with Crippen LogP contribution in [0.5, 0.6) is 0 Å². The highest BCUT2D eigenvalue weighted by molar-refractivity contribution is 9.10. The minimum absolute atomic E-state index is 0.207. The lowest BCUT2D eigenvalue weighted by Crippen LogP contribution is -2.19. The van der Waals surface area contributed by atoms with Crippen molar-refractivity contribution in [1.29, 1.82) is 0 Å². The third-order valence-corrected chi connectivity index (χ3v) is 3.47. The van der Waals surface area contributed by atoms with Crippen LogP contribution in [0, 0.1) is 6.92 Å². The summed E-state index contributed by atoms with van der Waals surface area (Å²) >= 11 is 3.36. The van der Waals surface area contributed by atoms with Gasteiger partial charge in [-0.1, -0.05) is 11.6 Å². The fourth-order valence-corrected chi connectivity index (χ4v) is 2.22. The van der Waals surface area contributed by atoms with E-state index in [9.17, 15) is 9.59 Å². The minimum atomic E-state index is -0.629. The fraction of sp³-hybridized carbons (Fsp3) is 0.0667. The first kappa shape index (κ1) is 15.1. The lowest BCUT2D eigenvalue weighted by atomic mass is 10.1. The summed E-state index contributed by atoms with van der Waals surface area (Å²) in [6.07, 6.45) is 0. The van der Waals surface area contributed by atoms with E-state index in [1.165, 1.54) is 0 Å². The van der Waals surface area contributed by atoms with E-state index in [0.29, 0.717) is 16.9 Å². The van der Waals surface area contributed by atoms with Crippen LogP contribution in [0.2, 0.25) is 0 Å². The third-order valence-electron chi connectivity index (χ3n) is 2.78. The number of hydrogen-bond acceptors (Lipinski definition) is 2. The van der Waals surface area contributed by atoms with E-state index in [1.807, 2.05) is 25.1 Å². The first-order valence-corrected chi connectivity index (χ1v) is 6.99. The Morgan fingerprint density at radius 2 is 1.57 bits per heavy atom. The number of rotatable bonds is 3. The van der Waals surface area contributed by atoms with Gasteiger partial charge in [0.25, 0.3) is 5.91 Å². The normalized spacial score (nSPS) is 10.0. The fourth-order valence-electron chi connectivity index (χ4n) is 1.79. The molecule has 108 valence electrons. The van der Waals surface area contributed by atoms with Gasteiger partial charge in [0.2, 0.25) is 0 Å². The first-order valence-electron chi connectivity index (χ1n) is 6.20. The van der Waals surface area contributed by atoms with Crippen LogP contribution in [-0.2, 0) is 0 Å². The summed E-state index contributed by atoms with van der Waals surface area (Å²) in [4.78, 5) is 22.9. The minimum Gasteiger partial charge on any atom is -0.351 e. The molecule has 2 aromatic carbocycles. The van der Waals surface area contributed by atoms with Crippen LogP contribution >= 0.6 is 15.9 Å². The van der Waals surface area contributed by atoms with E-state index in [1.54, 1.807) is 24.3 Å². The molecule has 0 heterocycles. The van der Waals surface area contributed by atoms with Crippen LogP contribution in [0.4, 0.5) is 16.2 Å². The van der Waals surface area contributed by atoms with Crippen LogP contribution < -0.4 is 16.4 Å². The van der Waals surface area contributed by atoms with Crippen molar-refractivity contribution in [1.82, 2.24) is 0 Å². The molecule has 6 heteroatoms. The molecule has 21 heavy (non-hydrogen) atoms. The van der Waals surface area contributed by atoms with Crippen molar-refractivity contribution in [3.8, 4) is 0 Å². The zero-order chi connectivity index (χ0) is 15.4. The smallest absolute Gasteiger partial charge is 0.316 e. The van der Waals surface area contributed by atoms with E-state index < -0.39 is 6.03 Å². The molecule has 0 saturated heterocycles. The molecule has 0 aliphatic rings. The Kier molecular flexibility index (Phi) is 4.59. The standard InChI is InChI=1S/C15H14BrN3O2/c1-9-2-7-13(16)12(8-9)14(20)18-10-3-5-11(6-4-10)19-15(17)21/h2-8H,1H3,(H,18,20)(H3,17,19,21). The molecular weight excluding hydrogens is 334 g/mol. The average molecular weight is 348 g/mol. The highest BCUT2D eigenvalue weighted by atomic mass is 79.9. The Hall–Kier alpha value is -2.34. The molecule has 2 rings (SSSR count). The average Bonchev–Trinajstić information content (AvgIpc) is 2.43. The predicted octanol–water partition coefficient (Wildman–Crippen LogP) is 3.50. The second kappa shape index (κ2) is 6.41. The summed E-state index contributed by atoms with van der Waals surface area (Å²) in [7, 11) is 0. The van der Waals surface area contributed by atoms with Gasteiger partial charge < -0.3 is 16.4 Å². The summed E-state index contributed by atoms with van der Waals surface area (Å²) in [5.41, 5.74) is 7.79. The van der Waals surface area contributed by atoms with Crippen molar-refractivity contribution in [3.05, 3.63) is 58.1 Å². The number of anilines is 2. The molecule has 0 aliphatic heterocycles. The van der Waals surface area contributed by atoms with Gasteiger partial charge in [0, 0.05) is 15.8 Å². The predicted molar refractivity (Wildman–Crippen MR) is 86.5 cm³/mol. The Morgan fingerprint density at radius 3 is 2.14 bits per heavy atom. The van der Waals surface area contributed by atoms with E-state index >= 15 is 0 Å². The molecule has 0 aliphatic carbocycles. The van der Waals surface area contributed by atoms with Crippen molar-refractivity contribution in [3.63, 3.8) is 0 Å². The number of primary amides is 1. The first-order chi connectivity index (χ1) is 9.95. The van der Waals surface area contributed by atoms with Gasteiger partial charge in [-0.2, -0.15) is 0 Å². The number of amides is 3. The lowest BCUT2D eigenvalue weighted by molar-refractivity contribution is 0.102. The van der Waals surface area contributed by atoms with Crippen LogP contribution in [0.25, 0.3) is 0 Å². The van der Waals surface area contributed by atoms with Gasteiger partial charge in [-0.3, -0.25) is 4.79 Å². The molecular formula is C15H14BrN3O2. The number of urea groups is 1. The SMILES string of the molecule is Cc1ccc(Br)c(C(=O)Nc2ccc(NC(N)=O)cc2)c1. The molecule has 4 N–H and O–H groups in total. The van der Waals surface area contributed by atoms with E-state index in [0.717, 1.165) is 10.0 Å². The number of benzene rings is 2. The number of carbonyl (C=O) groups is 2. The summed E-state index contributed by atoms with van der Waals surface area (Å²) in [5, 5.41) is 5.25. The molecule has 0 saturated carbocycles. The Labute approximate surface area is 130 Å². The van der Waals surface area contributed by atoms with Crippen molar-refractivity contribution in [2.75, 3.05) is 10.6 Å². The number of nitrogens with one attached hydrogen (secondary N) is 2. The Bertz CT molecular complexity index is 684. The molecule has 0 radical (unpaired) electrons. The molecule has 0 unspecified atom stereocenters. The molecule has 0 fully saturated rings. The molecule has 0 spiro atoms. The molecule has 5 nitrogen and oxygen atoms in total. The second-order valence-electron chi connectivity index (χ2n) is 4.50. The van der Waals surface area contributed by atoms with Crippen LogP contribution in [0.15, 0.2) is 46.9 Å². The number of nitrogens with two attached hydrogens (primary N) is 1. The Morgan fingerprint density at radius 1 is 1.00 bits per heavy atom. The molecule has 3 amide bonds. The summed E-state index contributed by atoms with van der Waals surface area (Å²) < 4.78 is 0.734. The molecule has 0 aromatic heterocycles. The van der Waals surface area contributed by atoms with Gasteiger partial charge in [0.15, 0.2) is 0 Å². The van der Waals surface area contributed by atoms with E-state index in [4.69, 9.17) is 5.73 Å². The summed E-state index contributed by atoms with van der Waals surface area (Å²) in [6.45, 7) is 1.92. The van der Waals surface area contributed by atoms with Gasteiger partial charge in [-0.05, 0) is 59.3 Å².